The number of rotatable bonds is 7. The van der Waals surface area contributed by atoms with Gasteiger partial charge in [-0.3, -0.25) is 4.79 Å². The molecule has 1 aromatic heterocycles. The topological polar surface area (TPSA) is 46.9 Å². The predicted molar refractivity (Wildman–Crippen MR) is 84.0 cm³/mol. The summed E-state index contributed by atoms with van der Waals surface area (Å²) in [6.45, 7) is 0.817. The van der Waals surface area contributed by atoms with Crippen molar-refractivity contribution in [1.29, 1.82) is 0 Å². The van der Waals surface area contributed by atoms with Crippen LogP contribution >= 0.6 is 0 Å². The summed E-state index contributed by atoms with van der Waals surface area (Å²) in [4.78, 5) is 16.2. The normalized spacial score (nSPS) is 14.5. The summed E-state index contributed by atoms with van der Waals surface area (Å²) in [7, 11) is 2.08. The van der Waals surface area contributed by atoms with Crippen LogP contribution in [0, 0.1) is 5.92 Å². The van der Waals surface area contributed by atoms with Crippen LogP contribution in [0.4, 0.5) is 0 Å². The Kier molecular flexibility index (Phi) is 4.23. The second-order valence-corrected chi connectivity index (χ2v) is 5.95. The maximum absolute atomic E-state index is 11.5. The number of nitrogens with one attached hydrogen (secondary N) is 1. The first-order valence-corrected chi connectivity index (χ1v) is 7.94. The largest absolute Gasteiger partial charge is 0.356 e. The van der Waals surface area contributed by atoms with Crippen LogP contribution in [0.15, 0.2) is 24.3 Å². The molecule has 1 amide bonds. The van der Waals surface area contributed by atoms with Crippen molar-refractivity contribution in [3.05, 3.63) is 30.1 Å². The maximum Gasteiger partial charge on any atom is 0.223 e. The number of aromatic nitrogens is 2. The smallest absolute Gasteiger partial charge is 0.223 e. The highest BCUT2D eigenvalue weighted by atomic mass is 16.2. The lowest BCUT2D eigenvalue weighted by atomic mass is 10.2. The van der Waals surface area contributed by atoms with Crippen LogP contribution in [0.3, 0.4) is 0 Å². The zero-order valence-electron chi connectivity index (χ0n) is 12.6. The highest BCUT2D eigenvalue weighted by Crippen LogP contribution is 2.28. The van der Waals surface area contributed by atoms with Crippen LogP contribution in [0.1, 0.15) is 37.9 Å². The molecule has 3 rings (SSSR count). The van der Waals surface area contributed by atoms with E-state index >= 15 is 0 Å². The number of carbonyl (C=O) groups excluding carboxylic acids is 1. The fraction of sp³-hybridized carbons (Fsp3) is 0.529. The fourth-order valence-corrected chi connectivity index (χ4v) is 2.71. The third-order valence-corrected chi connectivity index (χ3v) is 4.20. The van der Waals surface area contributed by atoms with Gasteiger partial charge in [-0.25, -0.2) is 4.98 Å². The number of imidazole rings is 1. The number of nitrogens with zero attached hydrogens (tertiary/aromatic N) is 2. The minimum atomic E-state index is 0.255. The fourth-order valence-electron chi connectivity index (χ4n) is 2.71. The van der Waals surface area contributed by atoms with Gasteiger partial charge in [-0.2, -0.15) is 0 Å². The molecule has 1 aliphatic carbocycles. The highest BCUT2D eigenvalue weighted by molar-refractivity contribution is 5.80. The standard InChI is InChI=1S/C17H23N3O/c1-20-15-8-5-4-7-14(15)19-16(20)9-3-2-6-12-18-17(21)13-10-11-13/h4-5,7-8,13H,2-3,6,9-12H2,1H3,(H,18,21). The lowest BCUT2D eigenvalue weighted by molar-refractivity contribution is -0.122. The number of amides is 1. The van der Waals surface area contributed by atoms with Gasteiger partial charge in [0.1, 0.15) is 5.82 Å². The van der Waals surface area contributed by atoms with Gasteiger partial charge in [0.05, 0.1) is 11.0 Å². The van der Waals surface area contributed by atoms with Gasteiger partial charge in [0.25, 0.3) is 0 Å². The Morgan fingerprint density at radius 3 is 2.86 bits per heavy atom. The molecule has 4 heteroatoms. The molecular weight excluding hydrogens is 262 g/mol. The molecule has 4 nitrogen and oxygen atoms in total. The van der Waals surface area contributed by atoms with Gasteiger partial charge in [-0.15, -0.1) is 0 Å². The Morgan fingerprint density at radius 1 is 1.29 bits per heavy atom. The lowest BCUT2D eigenvalue weighted by Gasteiger charge is -2.04. The van der Waals surface area contributed by atoms with Crippen LogP contribution in [0.25, 0.3) is 11.0 Å². The van der Waals surface area contributed by atoms with Gasteiger partial charge in [-0.05, 0) is 37.8 Å². The maximum atomic E-state index is 11.5. The molecule has 21 heavy (non-hydrogen) atoms. The number of hydrogen-bond donors (Lipinski definition) is 1. The average Bonchev–Trinajstić information content (AvgIpc) is 3.29. The molecule has 1 N–H and O–H groups in total. The molecule has 112 valence electrons. The van der Waals surface area contributed by atoms with Crippen LogP contribution in [-0.4, -0.2) is 22.0 Å². The third kappa shape index (κ3) is 3.43. The Hall–Kier alpha value is -1.84. The molecule has 1 heterocycles. The Bertz CT molecular complexity index is 628. The molecule has 1 aromatic carbocycles. The van der Waals surface area contributed by atoms with Gasteiger partial charge >= 0.3 is 0 Å². The molecule has 1 saturated carbocycles. The third-order valence-electron chi connectivity index (χ3n) is 4.20. The summed E-state index contributed by atoms with van der Waals surface area (Å²) in [6.07, 6.45) is 6.48. The first-order chi connectivity index (χ1) is 10.3. The van der Waals surface area contributed by atoms with Gasteiger partial charge in [0.2, 0.25) is 5.91 Å². The Labute approximate surface area is 125 Å². The molecule has 0 saturated heterocycles. The van der Waals surface area contributed by atoms with E-state index in [4.69, 9.17) is 0 Å². The van der Waals surface area contributed by atoms with Crippen molar-refractivity contribution in [2.75, 3.05) is 6.54 Å². The molecule has 0 unspecified atom stereocenters. The number of benzene rings is 1. The number of carbonyl (C=O) groups is 1. The molecular formula is C17H23N3O. The van der Waals surface area contributed by atoms with Crippen molar-refractivity contribution in [3.8, 4) is 0 Å². The van der Waals surface area contributed by atoms with Crippen molar-refractivity contribution < 1.29 is 4.79 Å². The summed E-state index contributed by atoms with van der Waals surface area (Å²) in [5, 5.41) is 3.02. The zero-order chi connectivity index (χ0) is 14.7. The van der Waals surface area contributed by atoms with E-state index in [1.165, 1.54) is 5.52 Å². The van der Waals surface area contributed by atoms with E-state index in [1.54, 1.807) is 0 Å². The first kappa shape index (κ1) is 14.1. The molecule has 0 atom stereocenters. The second kappa shape index (κ2) is 6.29. The van der Waals surface area contributed by atoms with Crippen molar-refractivity contribution in [2.24, 2.45) is 13.0 Å². The van der Waals surface area contributed by atoms with Crippen LogP contribution < -0.4 is 5.32 Å². The monoisotopic (exact) mass is 285 g/mol. The van der Waals surface area contributed by atoms with E-state index < -0.39 is 0 Å². The minimum Gasteiger partial charge on any atom is -0.356 e. The summed E-state index contributed by atoms with van der Waals surface area (Å²) in [5.41, 5.74) is 2.27. The first-order valence-electron chi connectivity index (χ1n) is 7.94. The predicted octanol–water partition coefficient (Wildman–Crippen LogP) is 2.81. The highest BCUT2D eigenvalue weighted by Gasteiger charge is 2.28. The van der Waals surface area contributed by atoms with Crippen molar-refractivity contribution in [2.45, 2.75) is 38.5 Å². The molecule has 0 spiro atoms. The average molecular weight is 285 g/mol. The molecule has 1 fully saturated rings. The molecule has 2 aromatic rings. The summed E-state index contributed by atoms with van der Waals surface area (Å²) >= 11 is 0. The second-order valence-electron chi connectivity index (χ2n) is 5.95. The Morgan fingerprint density at radius 2 is 2.10 bits per heavy atom. The number of para-hydroxylation sites is 2. The number of unbranched alkanes of at least 4 members (excludes halogenated alkanes) is 2. The minimum absolute atomic E-state index is 0.255. The van der Waals surface area contributed by atoms with Crippen LogP contribution in [-0.2, 0) is 18.3 Å². The Balaban J connectivity index is 1.40. The molecule has 0 bridgehead atoms. The van der Waals surface area contributed by atoms with Crippen LogP contribution in [0.2, 0.25) is 0 Å². The van der Waals surface area contributed by atoms with E-state index in [0.29, 0.717) is 5.92 Å². The van der Waals surface area contributed by atoms with Crippen molar-refractivity contribution >= 4 is 16.9 Å². The van der Waals surface area contributed by atoms with Gasteiger partial charge in [-0.1, -0.05) is 18.6 Å². The van der Waals surface area contributed by atoms with Crippen molar-refractivity contribution in [3.63, 3.8) is 0 Å². The number of fused-ring (bicyclic) bond motifs is 1. The molecule has 1 aliphatic rings. The van der Waals surface area contributed by atoms with Crippen LogP contribution in [0.5, 0.6) is 0 Å². The summed E-state index contributed by atoms with van der Waals surface area (Å²) in [5.74, 6) is 1.73. The lowest BCUT2D eigenvalue weighted by Crippen LogP contribution is -2.25. The van der Waals surface area contributed by atoms with Gasteiger partial charge < -0.3 is 9.88 Å². The molecule has 0 aliphatic heterocycles. The van der Waals surface area contributed by atoms with Gasteiger partial charge in [0, 0.05) is 25.9 Å². The zero-order valence-corrected chi connectivity index (χ0v) is 12.6. The van der Waals surface area contributed by atoms with E-state index in [2.05, 4.69) is 40.1 Å². The summed E-state index contributed by atoms with van der Waals surface area (Å²) < 4.78 is 2.18. The van der Waals surface area contributed by atoms with E-state index in [1.807, 2.05) is 6.07 Å². The van der Waals surface area contributed by atoms with E-state index in [0.717, 1.165) is 56.4 Å². The van der Waals surface area contributed by atoms with Gasteiger partial charge in [0.15, 0.2) is 0 Å². The van der Waals surface area contributed by atoms with E-state index in [9.17, 15) is 4.79 Å². The number of aryl methyl sites for hydroxylation is 2. The van der Waals surface area contributed by atoms with E-state index in [-0.39, 0.29) is 5.91 Å². The number of hydrogen-bond acceptors (Lipinski definition) is 2. The van der Waals surface area contributed by atoms with Crippen molar-refractivity contribution in [1.82, 2.24) is 14.9 Å². The molecule has 0 radical (unpaired) electrons. The SMILES string of the molecule is Cn1c(CCCCCNC(=O)C2CC2)nc2ccccc21. The summed E-state index contributed by atoms with van der Waals surface area (Å²) in [6, 6.07) is 8.25. The quantitative estimate of drug-likeness (QED) is 0.795.